The number of nitrogens with two attached hydrogens (primary N) is 1. The van der Waals surface area contributed by atoms with Gasteiger partial charge in [-0.25, -0.2) is 0 Å². The predicted molar refractivity (Wildman–Crippen MR) is 58.8 cm³/mol. The summed E-state index contributed by atoms with van der Waals surface area (Å²) in [6.07, 6.45) is 6.24. The molecule has 1 aliphatic rings. The van der Waals surface area contributed by atoms with Crippen molar-refractivity contribution in [2.75, 3.05) is 19.8 Å². The summed E-state index contributed by atoms with van der Waals surface area (Å²) in [4.78, 5) is 0. The molecular formula is C11H19N3O. The molecule has 0 atom stereocenters. The third-order valence-electron chi connectivity index (χ3n) is 3.03. The van der Waals surface area contributed by atoms with E-state index < -0.39 is 0 Å². The second-order valence-corrected chi connectivity index (χ2v) is 4.09. The Morgan fingerprint density at radius 1 is 1.47 bits per heavy atom. The summed E-state index contributed by atoms with van der Waals surface area (Å²) < 4.78 is 5.36. The van der Waals surface area contributed by atoms with Gasteiger partial charge in [0.2, 0.25) is 0 Å². The Bertz CT molecular complexity index is 292. The predicted octanol–water partition coefficient (Wildman–Crippen LogP) is 1.19. The molecule has 1 aromatic rings. The van der Waals surface area contributed by atoms with E-state index in [1.54, 1.807) is 0 Å². The van der Waals surface area contributed by atoms with Crippen LogP contribution in [0.25, 0.3) is 0 Å². The van der Waals surface area contributed by atoms with Crippen LogP contribution >= 0.6 is 0 Å². The highest BCUT2D eigenvalue weighted by molar-refractivity contribution is 5.21. The molecule has 0 saturated carbocycles. The van der Waals surface area contributed by atoms with Crippen molar-refractivity contribution in [1.82, 2.24) is 10.2 Å². The van der Waals surface area contributed by atoms with E-state index in [0.29, 0.717) is 5.92 Å². The molecule has 3 N–H and O–H groups in total. The zero-order chi connectivity index (χ0) is 10.5. The Balaban J connectivity index is 2.02. The van der Waals surface area contributed by atoms with Crippen LogP contribution in [-0.2, 0) is 11.2 Å². The van der Waals surface area contributed by atoms with E-state index in [2.05, 4.69) is 10.2 Å². The van der Waals surface area contributed by atoms with Gasteiger partial charge < -0.3 is 10.5 Å². The molecule has 84 valence electrons. The Hall–Kier alpha value is -0.870. The largest absolute Gasteiger partial charge is 0.381 e. The molecule has 2 rings (SSSR count). The molecular weight excluding hydrogens is 190 g/mol. The number of hydrogen-bond acceptors (Lipinski definition) is 3. The summed E-state index contributed by atoms with van der Waals surface area (Å²) in [7, 11) is 0. The molecule has 2 heterocycles. The van der Waals surface area contributed by atoms with Gasteiger partial charge in [0.1, 0.15) is 0 Å². The van der Waals surface area contributed by atoms with Crippen LogP contribution in [0.4, 0.5) is 0 Å². The summed E-state index contributed by atoms with van der Waals surface area (Å²) in [5, 5.41) is 7.28. The highest BCUT2D eigenvalue weighted by atomic mass is 16.5. The van der Waals surface area contributed by atoms with Crippen molar-refractivity contribution in [2.24, 2.45) is 5.73 Å². The number of ether oxygens (including phenoxy) is 1. The zero-order valence-electron chi connectivity index (χ0n) is 9.04. The number of nitrogens with zero attached hydrogens (tertiary/aromatic N) is 1. The van der Waals surface area contributed by atoms with Crippen LogP contribution in [0.2, 0.25) is 0 Å². The lowest BCUT2D eigenvalue weighted by Crippen LogP contribution is -2.15. The minimum atomic E-state index is 0.606. The lowest BCUT2D eigenvalue weighted by Gasteiger charge is -2.21. The normalized spacial score (nSPS) is 18.2. The molecule has 0 aliphatic carbocycles. The van der Waals surface area contributed by atoms with Gasteiger partial charge >= 0.3 is 0 Å². The molecule has 0 aromatic carbocycles. The summed E-state index contributed by atoms with van der Waals surface area (Å²) in [6, 6.07) is 0. The number of hydrogen-bond donors (Lipinski definition) is 2. The van der Waals surface area contributed by atoms with Crippen molar-refractivity contribution in [3.8, 4) is 0 Å². The topological polar surface area (TPSA) is 63.9 Å². The zero-order valence-corrected chi connectivity index (χ0v) is 9.04. The van der Waals surface area contributed by atoms with Crippen LogP contribution in [0.5, 0.6) is 0 Å². The fourth-order valence-electron chi connectivity index (χ4n) is 2.15. The first-order valence-electron chi connectivity index (χ1n) is 5.71. The molecule has 15 heavy (non-hydrogen) atoms. The van der Waals surface area contributed by atoms with Crippen molar-refractivity contribution in [3.63, 3.8) is 0 Å². The third-order valence-corrected chi connectivity index (χ3v) is 3.03. The number of H-pyrrole nitrogens is 1. The highest BCUT2D eigenvalue weighted by Crippen LogP contribution is 2.28. The van der Waals surface area contributed by atoms with Gasteiger partial charge in [-0.1, -0.05) is 0 Å². The summed E-state index contributed by atoms with van der Waals surface area (Å²) >= 11 is 0. The summed E-state index contributed by atoms with van der Waals surface area (Å²) in [5.41, 5.74) is 8.17. The minimum absolute atomic E-state index is 0.606. The Kier molecular flexibility index (Phi) is 3.75. The lowest BCUT2D eigenvalue weighted by atomic mass is 9.93. The average molecular weight is 209 g/mol. The van der Waals surface area contributed by atoms with Crippen molar-refractivity contribution in [3.05, 3.63) is 17.5 Å². The minimum Gasteiger partial charge on any atom is -0.381 e. The molecule has 0 spiro atoms. The molecule has 0 radical (unpaired) electrons. The van der Waals surface area contributed by atoms with Gasteiger partial charge in [-0.2, -0.15) is 5.10 Å². The van der Waals surface area contributed by atoms with Crippen LogP contribution in [0.3, 0.4) is 0 Å². The first-order valence-corrected chi connectivity index (χ1v) is 5.71. The maximum Gasteiger partial charge on any atom is 0.0522 e. The molecule has 0 bridgehead atoms. The van der Waals surface area contributed by atoms with Crippen molar-refractivity contribution in [1.29, 1.82) is 0 Å². The maximum atomic E-state index is 5.52. The van der Waals surface area contributed by atoms with E-state index in [1.807, 2.05) is 6.20 Å². The van der Waals surface area contributed by atoms with E-state index >= 15 is 0 Å². The van der Waals surface area contributed by atoms with E-state index in [1.165, 1.54) is 11.3 Å². The Morgan fingerprint density at radius 2 is 2.27 bits per heavy atom. The molecule has 0 amide bonds. The van der Waals surface area contributed by atoms with Gasteiger partial charge in [0.05, 0.1) is 6.20 Å². The van der Waals surface area contributed by atoms with Crippen molar-refractivity contribution < 1.29 is 4.74 Å². The van der Waals surface area contributed by atoms with Crippen molar-refractivity contribution in [2.45, 2.75) is 31.6 Å². The smallest absolute Gasteiger partial charge is 0.0522 e. The molecule has 1 aromatic heterocycles. The second-order valence-electron chi connectivity index (χ2n) is 4.09. The van der Waals surface area contributed by atoms with Crippen LogP contribution in [0, 0.1) is 0 Å². The second kappa shape index (κ2) is 5.28. The molecule has 1 fully saturated rings. The van der Waals surface area contributed by atoms with Gasteiger partial charge in [0.25, 0.3) is 0 Å². The van der Waals surface area contributed by atoms with Gasteiger partial charge in [-0.05, 0) is 37.8 Å². The van der Waals surface area contributed by atoms with Gasteiger partial charge in [0, 0.05) is 24.8 Å². The van der Waals surface area contributed by atoms with Crippen molar-refractivity contribution >= 4 is 0 Å². The van der Waals surface area contributed by atoms with Gasteiger partial charge in [-0.15, -0.1) is 0 Å². The number of nitrogens with one attached hydrogen (secondary N) is 1. The monoisotopic (exact) mass is 209 g/mol. The van der Waals surface area contributed by atoms with Gasteiger partial charge in [0.15, 0.2) is 0 Å². The first-order chi connectivity index (χ1) is 7.42. The fraction of sp³-hybridized carbons (Fsp3) is 0.727. The number of aromatic nitrogens is 2. The number of aryl methyl sites for hydroxylation is 1. The Morgan fingerprint density at radius 3 is 3.00 bits per heavy atom. The van der Waals surface area contributed by atoms with Crippen LogP contribution in [-0.4, -0.2) is 30.0 Å². The SMILES string of the molecule is NCCCc1cn[nH]c1C1CCOCC1. The van der Waals surface area contributed by atoms with Crippen LogP contribution in [0.15, 0.2) is 6.20 Å². The molecule has 4 nitrogen and oxygen atoms in total. The van der Waals surface area contributed by atoms with Crippen LogP contribution in [0.1, 0.15) is 36.4 Å². The fourth-order valence-corrected chi connectivity index (χ4v) is 2.15. The number of rotatable bonds is 4. The molecule has 1 aliphatic heterocycles. The quantitative estimate of drug-likeness (QED) is 0.783. The molecule has 4 heteroatoms. The average Bonchev–Trinajstić information content (AvgIpc) is 2.75. The summed E-state index contributed by atoms with van der Waals surface area (Å²) in [5.74, 6) is 0.606. The Labute approximate surface area is 90.2 Å². The van der Waals surface area contributed by atoms with E-state index in [4.69, 9.17) is 10.5 Å². The van der Waals surface area contributed by atoms with E-state index in [0.717, 1.165) is 45.4 Å². The third kappa shape index (κ3) is 2.58. The van der Waals surface area contributed by atoms with E-state index in [9.17, 15) is 0 Å². The highest BCUT2D eigenvalue weighted by Gasteiger charge is 2.19. The molecule has 0 unspecified atom stereocenters. The lowest BCUT2D eigenvalue weighted by molar-refractivity contribution is 0.0843. The van der Waals surface area contributed by atoms with Crippen LogP contribution < -0.4 is 5.73 Å². The summed E-state index contributed by atoms with van der Waals surface area (Å²) in [6.45, 7) is 2.50. The van der Waals surface area contributed by atoms with Gasteiger partial charge in [-0.3, -0.25) is 5.10 Å². The maximum absolute atomic E-state index is 5.52. The standard InChI is InChI=1S/C11H19N3O/c12-5-1-2-10-8-13-14-11(10)9-3-6-15-7-4-9/h8-9H,1-7,12H2,(H,13,14). The molecule has 1 saturated heterocycles. The number of aromatic amines is 1. The first kappa shape index (κ1) is 10.6. The van der Waals surface area contributed by atoms with E-state index in [-0.39, 0.29) is 0 Å².